The molecule has 0 aliphatic carbocycles. The van der Waals surface area contributed by atoms with E-state index < -0.39 is 0 Å². The third-order valence-corrected chi connectivity index (χ3v) is 6.18. The molecule has 27 heavy (non-hydrogen) atoms. The molecule has 0 amide bonds. The second-order valence-corrected chi connectivity index (χ2v) is 8.19. The molecule has 1 saturated heterocycles. The number of hydrogen-bond donors (Lipinski definition) is 1. The molecule has 1 unspecified atom stereocenters. The van der Waals surface area contributed by atoms with E-state index in [1.165, 1.54) is 51.4 Å². The number of unbranched alkanes of at least 4 members (excludes halogenated alkanes) is 8. The predicted octanol–water partition coefficient (Wildman–Crippen LogP) is 5.78. The van der Waals surface area contributed by atoms with Crippen LogP contribution in [0, 0.1) is 11.3 Å². The van der Waals surface area contributed by atoms with E-state index in [2.05, 4.69) is 30.0 Å². The lowest BCUT2D eigenvalue weighted by molar-refractivity contribution is -0.0230. The van der Waals surface area contributed by atoms with Gasteiger partial charge in [-0.2, -0.15) is 5.26 Å². The molecule has 1 fully saturated rings. The highest BCUT2D eigenvalue weighted by molar-refractivity contribution is 5.33. The first-order valence-electron chi connectivity index (χ1n) is 11.1. The van der Waals surface area contributed by atoms with E-state index in [0.717, 1.165) is 44.3 Å². The molecule has 1 N–H and O–H groups in total. The summed E-state index contributed by atoms with van der Waals surface area (Å²) < 4.78 is 0. The number of rotatable bonds is 12. The molecule has 1 aromatic rings. The van der Waals surface area contributed by atoms with Gasteiger partial charge in [-0.1, -0.05) is 88.6 Å². The van der Waals surface area contributed by atoms with Crippen LogP contribution in [0.4, 0.5) is 0 Å². The summed E-state index contributed by atoms with van der Waals surface area (Å²) in [5.41, 5.74) is 0.746. The fourth-order valence-electron chi connectivity index (χ4n) is 4.25. The zero-order valence-electron chi connectivity index (χ0n) is 17.2. The minimum atomic E-state index is -0.380. The van der Waals surface area contributed by atoms with E-state index in [1.807, 2.05) is 18.2 Å². The summed E-state index contributed by atoms with van der Waals surface area (Å²) in [5, 5.41) is 20.3. The van der Waals surface area contributed by atoms with Gasteiger partial charge in [0.25, 0.3) is 0 Å². The number of likely N-dealkylation sites (tertiary alicyclic amines) is 1. The average molecular weight is 371 g/mol. The predicted molar refractivity (Wildman–Crippen MR) is 112 cm³/mol. The molecule has 1 aliphatic rings. The molecule has 1 aromatic carbocycles. The Bertz CT molecular complexity index is 543. The van der Waals surface area contributed by atoms with Crippen LogP contribution in [0.1, 0.15) is 89.5 Å². The van der Waals surface area contributed by atoms with Crippen molar-refractivity contribution in [1.29, 1.82) is 5.26 Å². The lowest BCUT2D eigenvalue weighted by atomic mass is 9.74. The van der Waals surface area contributed by atoms with Gasteiger partial charge in [-0.05, 0) is 31.2 Å². The summed E-state index contributed by atoms with van der Waals surface area (Å²) in [5.74, 6) is 0. The molecule has 2 rings (SSSR count). The number of piperidine rings is 1. The Balaban J connectivity index is 1.62. The van der Waals surface area contributed by atoms with Crippen LogP contribution in [-0.4, -0.2) is 29.3 Å². The Morgan fingerprint density at radius 3 is 2.07 bits per heavy atom. The number of hydrogen-bond acceptors (Lipinski definition) is 3. The van der Waals surface area contributed by atoms with Crippen LogP contribution >= 0.6 is 0 Å². The van der Waals surface area contributed by atoms with Gasteiger partial charge < -0.3 is 5.11 Å². The van der Waals surface area contributed by atoms with Gasteiger partial charge in [0.2, 0.25) is 0 Å². The van der Waals surface area contributed by atoms with Crippen LogP contribution in [0.15, 0.2) is 30.3 Å². The zero-order valence-corrected chi connectivity index (χ0v) is 17.2. The van der Waals surface area contributed by atoms with Gasteiger partial charge >= 0.3 is 0 Å². The second-order valence-electron chi connectivity index (χ2n) is 8.19. The van der Waals surface area contributed by atoms with Crippen LogP contribution in [0.25, 0.3) is 0 Å². The Labute approximate surface area is 166 Å². The summed E-state index contributed by atoms with van der Waals surface area (Å²) in [4.78, 5) is 2.17. The summed E-state index contributed by atoms with van der Waals surface area (Å²) >= 11 is 0. The van der Waals surface area contributed by atoms with Gasteiger partial charge in [0.1, 0.15) is 6.23 Å². The third kappa shape index (κ3) is 6.94. The molecule has 0 spiro atoms. The lowest BCUT2D eigenvalue weighted by Gasteiger charge is -2.39. The van der Waals surface area contributed by atoms with E-state index in [1.54, 1.807) is 0 Å². The SMILES string of the molecule is CCCCCCCCCCCC(O)N1CCC(C#N)(c2ccccc2)CC1. The molecule has 150 valence electrons. The van der Waals surface area contributed by atoms with Crippen LogP contribution in [0.5, 0.6) is 0 Å². The van der Waals surface area contributed by atoms with Crippen molar-refractivity contribution >= 4 is 0 Å². The Morgan fingerprint density at radius 1 is 0.963 bits per heavy atom. The average Bonchev–Trinajstić information content (AvgIpc) is 2.73. The number of nitriles is 1. The molecule has 0 saturated carbocycles. The van der Waals surface area contributed by atoms with E-state index >= 15 is 0 Å². The van der Waals surface area contributed by atoms with E-state index in [4.69, 9.17) is 0 Å². The van der Waals surface area contributed by atoms with Crippen molar-refractivity contribution in [2.24, 2.45) is 0 Å². The van der Waals surface area contributed by atoms with Gasteiger partial charge in [0, 0.05) is 13.1 Å². The standard InChI is InChI=1S/C24H38N2O/c1-2-3-4-5-6-7-8-9-13-16-23(27)26-19-17-24(21-25,18-20-26)22-14-11-10-12-15-22/h10-12,14-15,23,27H,2-9,13,16-20H2,1H3. The quantitative estimate of drug-likeness (QED) is 0.474. The molecule has 0 bridgehead atoms. The van der Waals surface area contributed by atoms with Crippen molar-refractivity contribution in [2.75, 3.05) is 13.1 Å². The Morgan fingerprint density at radius 2 is 1.52 bits per heavy atom. The highest BCUT2D eigenvalue weighted by Crippen LogP contribution is 2.35. The van der Waals surface area contributed by atoms with Crippen molar-refractivity contribution in [3.8, 4) is 6.07 Å². The van der Waals surface area contributed by atoms with Crippen molar-refractivity contribution in [3.05, 3.63) is 35.9 Å². The fourth-order valence-corrected chi connectivity index (χ4v) is 4.25. The molecule has 1 atom stereocenters. The first kappa shape index (κ1) is 21.9. The smallest absolute Gasteiger partial charge is 0.107 e. The fraction of sp³-hybridized carbons (Fsp3) is 0.708. The van der Waals surface area contributed by atoms with Crippen LogP contribution in [0.2, 0.25) is 0 Å². The van der Waals surface area contributed by atoms with Gasteiger partial charge in [-0.15, -0.1) is 0 Å². The molecule has 1 heterocycles. The van der Waals surface area contributed by atoms with Crippen molar-refractivity contribution in [1.82, 2.24) is 4.90 Å². The van der Waals surface area contributed by atoms with Gasteiger partial charge in [0.05, 0.1) is 11.5 Å². The van der Waals surface area contributed by atoms with E-state index in [-0.39, 0.29) is 11.6 Å². The van der Waals surface area contributed by atoms with Gasteiger partial charge in [0.15, 0.2) is 0 Å². The normalized spacial score (nSPS) is 18.1. The molecule has 3 nitrogen and oxygen atoms in total. The molecule has 1 aliphatic heterocycles. The topological polar surface area (TPSA) is 47.3 Å². The Hall–Kier alpha value is -1.37. The summed E-state index contributed by atoms with van der Waals surface area (Å²) in [6.07, 6.45) is 13.9. The van der Waals surface area contributed by atoms with E-state index in [0.29, 0.717) is 0 Å². The monoisotopic (exact) mass is 370 g/mol. The molecule has 3 heteroatoms. The highest BCUT2D eigenvalue weighted by Gasteiger charge is 2.37. The highest BCUT2D eigenvalue weighted by atomic mass is 16.3. The number of aliphatic hydroxyl groups is 1. The second kappa shape index (κ2) is 12.2. The molecular formula is C24H38N2O. The zero-order chi connectivity index (χ0) is 19.4. The summed E-state index contributed by atoms with van der Waals surface area (Å²) in [6.45, 7) is 3.87. The maximum absolute atomic E-state index is 10.5. The maximum Gasteiger partial charge on any atom is 0.107 e. The van der Waals surface area contributed by atoms with Crippen molar-refractivity contribution < 1.29 is 5.11 Å². The minimum absolute atomic E-state index is 0.345. The number of aliphatic hydroxyl groups excluding tert-OH is 1. The summed E-state index contributed by atoms with van der Waals surface area (Å²) in [7, 11) is 0. The number of nitrogens with zero attached hydrogens (tertiary/aromatic N) is 2. The first-order valence-corrected chi connectivity index (χ1v) is 11.1. The van der Waals surface area contributed by atoms with Gasteiger partial charge in [-0.25, -0.2) is 0 Å². The van der Waals surface area contributed by atoms with Crippen LogP contribution in [-0.2, 0) is 5.41 Å². The molecular weight excluding hydrogens is 332 g/mol. The molecule has 0 aromatic heterocycles. The van der Waals surface area contributed by atoms with Crippen LogP contribution in [0.3, 0.4) is 0 Å². The number of benzene rings is 1. The van der Waals surface area contributed by atoms with Crippen molar-refractivity contribution in [3.63, 3.8) is 0 Å². The van der Waals surface area contributed by atoms with Crippen LogP contribution < -0.4 is 0 Å². The van der Waals surface area contributed by atoms with Gasteiger partial charge in [-0.3, -0.25) is 4.90 Å². The molecule has 0 radical (unpaired) electrons. The lowest BCUT2D eigenvalue weighted by Crippen LogP contribution is -2.46. The minimum Gasteiger partial charge on any atom is -0.378 e. The van der Waals surface area contributed by atoms with E-state index in [9.17, 15) is 10.4 Å². The Kier molecular flexibility index (Phi) is 9.87. The third-order valence-electron chi connectivity index (χ3n) is 6.18. The summed E-state index contributed by atoms with van der Waals surface area (Å²) in [6, 6.07) is 12.7. The first-order chi connectivity index (χ1) is 13.2. The van der Waals surface area contributed by atoms with Crippen molar-refractivity contribution in [2.45, 2.75) is 95.6 Å². The maximum atomic E-state index is 10.5. The largest absolute Gasteiger partial charge is 0.378 e.